The number of carboxylic acid groups (broad SMARTS) is 1. The van der Waals surface area contributed by atoms with Crippen molar-refractivity contribution in [2.75, 3.05) is 18.1 Å². The van der Waals surface area contributed by atoms with Crippen molar-refractivity contribution in [3.8, 4) is 16.8 Å². The van der Waals surface area contributed by atoms with Gasteiger partial charge in [-0.1, -0.05) is 19.1 Å². The molecule has 1 aliphatic carbocycles. The van der Waals surface area contributed by atoms with Gasteiger partial charge in [0.05, 0.1) is 12.0 Å². The first-order chi connectivity index (χ1) is 19.0. The van der Waals surface area contributed by atoms with E-state index in [0.717, 1.165) is 42.3 Å². The predicted octanol–water partition coefficient (Wildman–Crippen LogP) is 5.72. The van der Waals surface area contributed by atoms with E-state index in [9.17, 15) is 14.7 Å². The molecule has 3 aromatic heterocycles. The lowest BCUT2D eigenvalue weighted by molar-refractivity contribution is -0.124. The number of amides is 1. The molecule has 1 amide bonds. The first-order valence-corrected chi connectivity index (χ1v) is 13.7. The molecule has 9 nitrogen and oxygen atoms in total. The number of carbonyl (C=O) groups is 2. The molecule has 1 N–H and O–H groups in total. The van der Waals surface area contributed by atoms with Gasteiger partial charge in [-0.25, -0.2) is 9.48 Å². The summed E-state index contributed by atoms with van der Waals surface area (Å²) in [6, 6.07) is 11.3. The van der Waals surface area contributed by atoms with Gasteiger partial charge in [-0.05, 0) is 68.2 Å². The fraction of sp³-hybridized carbons (Fsp3) is 0.400. The van der Waals surface area contributed by atoms with E-state index < -0.39 is 5.97 Å². The van der Waals surface area contributed by atoms with Crippen LogP contribution in [-0.2, 0) is 9.53 Å². The summed E-state index contributed by atoms with van der Waals surface area (Å²) in [6.45, 7) is 3.30. The average molecular weight is 529 g/mol. The maximum Gasteiger partial charge on any atom is 0.341 e. The van der Waals surface area contributed by atoms with Crippen LogP contribution in [0.3, 0.4) is 0 Å². The minimum atomic E-state index is -1.10. The molecule has 39 heavy (non-hydrogen) atoms. The maximum absolute atomic E-state index is 13.9. The summed E-state index contributed by atoms with van der Waals surface area (Å²) < 4.78 is 12.6. The molecule has 4 heterocycles. The molecule has 1 saturated heterocycles. The Kier molecular flexibility index (Phi) is 6.91. The zero-order valence-electron chi connectivity index (χ0n) is 22.0. The molecular weight excluding hydrogens is 496 g/mol. The van der Waals surface area contributed by atoms with Crippen LogP contribution in [0.15, 0.2) is 59.5 Å². The summed E-state index contributed by atoms with van der Waals surface area (Å²) in [4.78, 5) is 32.4. The number of aromatic carboxylic acids is 1. The Hall–Kier alpha value is -3.98. The first kappa shape index (κ1) is 25.3. The van der Waals surface area contributed by atoms with Crippen molar-refractivity contribution < 1.29 is 23.8 Å². The predicted molar refractivity (Wildman–Crippen MR) is 146 cm³/mol. The van der Waals surface area contributed by atoms with Gasteiger partial charge in [-0.3, -0.25) is 14.7 Å². The van der Waals surface area contributed by atoms with Gasteiger partial charge < -0.3 is 14.3 Å². The summed E-state index contributed by atoms with van der Waals surface area (Å²) in [5.41, 5.74) is 4.09. The number of ether oxygens (including phenoxy) is 1. The highest BCUT2D eigenvalue weighted by molar-refractivity contribution is 6.02. The molecule has 4 aromatic rings. The Bertz CT molecular complexity index is 1480. The number of carbonyl (C=O) groups excluding carboxylic acids is 1. The van der Waals surface area contributed by atoms with Crippen molar-refractivity contribution in [1.29, 1.82) is 0 Å². The average Bonchev–Trinajstić information content (AvgIpc) is 3.62. The third kappa shape index (κ3) is 5.06. The van der Waals surface area contributed by atoms with E-state index in [0.29, 0.717) is 43.2 Å². The van der Waals surface area contributed by atoms with Crippen molar-refractivity contribution in [2.24, 2.45) is 11.8 Å². The summed E-state index contributed by atoms with van der Waals surface area (Å²) in [5, 5.41) is 14.8. The van der Waals surface area contributed by atoms with Crippen LogP contribution in [0.1, 0.15) is 55.8 Å². The van der Waals surface area contributed by atoms with E-state index >= 15 is 0 Å². The Labute approximate surface area is 226 Å². The zero-order chi connectivity index (χ0) is 26.9. The van der Waals surface area contributed by atoms with Gasteiger partial charge in [0.2, 0.25) is 5.91 Å². The summed E-state index contributed by atoms with van der Waals surface area (Å²) >= 11 is 0. The molecule has 1 aromatic carbocycles. The third-order valence-electron chi connectivity index (χ3n) is 8.08. The number of anilines is 1. The van der Waals surface area contributed by atoms with Gasteiger partial charge in [-0.2, -0.15) is 0 Å². The number of benzene rings is 1. The van der Waals surface area contributed by atoms with Gasteiger partial charge in [0.1, 0.15) is 11.1 Å². The molecule has 0 atom stereocenters. The van der Waals surface area contributed by atoms with E-state index in [1.807, 2.05) is 36.4 Å². The Balaban J connectivity index is 1.33. The largest absolute Gasteiger partial charge is 0.477 e. The maximum atomic E-state index is 13.9. The van der Waals surface area contributed by atoms with Crippen molar-refractivity contribution in [1.82, 2.24) is 14.8 Å². The van der Waals surface area contributed by atoms with E-state index in [1.165, 1.54) is 6.20 Å². The highest BCUT2D eigenvalue weighted by atomic mass is 16.5. The van der Waals surface area contributed by atoms with E-state index in [2.05, 4.69) is 11.9 Å². The van der Waals surface area contributed by atoms with Gasteiger partial charge in [0.25, 0.3) is 0 Å². The molecule has 2 fully saturated rings. The van der Waals surface area contributed by atoms with Crippen LogP contribution in [0.25, 0.3) is 27.9 Å². The molecule has 9 heteroatoms. The number of rotatable bonds is 6. The molecule has 0 bridgehead atoms. The van der Waals surface area contributed by atoms with Gasteiger partial charge >= 0.3 is 5.97 Å². The van der Waals surface area contributed by atoms with Crippen LogP contribution >= 0.6 is 0 Å². The van der Waals surface area contributed by atoms with Gasteiger partial charge in [-0.15, -0.1) is 5.10 Å². The summed E-state index contributed by atoms with van der Waals surface area (Å²) in [6.07, 6.45) is 9.89. The van der Waals surface area contributed by atoms with E-state index in [4.69, 9.17) is 14.3 Å². The number of nitrogens with zero attached hydrogens (tertiary/aromatic N) is 4. The first-order valence-electron chi connectivity index (χ1n) is 13.7. The second-order valence-corrected chi connectivity index (χ2v) is 10.7. The Morgan fingerprint density at radius 1 is 1.00 bits per heavy atom. The fourth-order valence-electron chi connectivity index (χ4n) is 5.74. The van der Waals surface area contributed by atoms with Gasteiger partial charge in [0, 0.05) is 49.2 Å². The highest BCUT2D eigenvalue weighted by Crippen LogP contribution is 2.34. The second kappa shape index (κ2) is 10.6. The SMILES string of the molecule is CC1CCC(C(=O)N(c2nn(-c3ccc(-c4cnc5ccoc5c4)cc3)cc2C(=O)O)C2CCOCC2)CC1. The minimum absolute atomic E-state index is 0.0160. The number of hydrogen-bond acceptors (Lipinski definition) is 6. The smallest absolute Gasteiger partial charge is 0.341 e. The monoisotopic (exact) mass is 528 g/mol. The fourth-order valence-corrected chi connectivity index (χ4v) is 5.74. The number of furan rings is 1. The molecule has 0 radical (unpaired) electrons. The number of hydrogen-bond donors (Lipinski definition) is 1. The summed E-state index contributed by atoms with van der Waals surface area (Å²) in [5.74, 6) is -0.408. The summed E-state index contributed by atoms with van der Waals surface area (Å²) in [7, 11) is 0. The Morgan fingerprint density at radius 2 is 1.74 bits per heavy atom. The molecule has 202 valence electrons. The lowest BCUT2D eigenvalue weighted by Gasteiger charge is -2.37. The minimum Gasteiger partial charge on any atom is -0.477 e. The normalized spacial score (nSPS) is 20.2. The number of aromatic nitrogens is 3. The molecule has 1 saturated carbocycles. The number of fused-ring (bicyclic) bond motifs is 1. The van der Waals surface area contributed by atoms with Crippen LogP contribution in [0.4, 0.5) is 5.82 Å². The molecule has 0 spiro atoms. The van der Waals surface area contributed by atoms with Crippen LogP contribution in [0.5, 0.6) is 0 Å². The van der Waals surface area contributed by atoms with Gasteiger partial charge in [0.15, 0.2) is 11.4 Å². The van der Waals surface area contributed by atoms with Crippen LogP contribution in [0.2, 0.25) is 0 Å². The van der Waals surface area contributed by atoms with E-state index in [-0.39, 0.29) is 29.2 Å². The zero-order valence-corrected chi connectivity index (χ0v) is 22.0. The highest BCUT2D eigenvalue weighted by Gasteiger charge is 2.37. The van der Waals surface area contributed by atoms with Crippen molar-refractivity contribution in [3.63, 3.8) is 0 Å². The molecule has 6 rings (SSSR count). The number of pyridine rings is 1. The molecule has 2 aliphatic rings. The lowest BCUT2D eigenvalue weighted by Crippen LogP contribution is -2.47. The molecule has 1 aliphatic heterocycles. The van der Waals surface area contributed by atoms with Crippen molar-refractivity contribution >= 4 is 28.8 Å². The van der Waals surface area contributed by atoms with Crippen LogP contribution in [-0.4, -0.2) is 51.0 Å². The van der Waals surface area contributed by atoms with Crippen molar-refractivity contribution in [2.45, 2.75) is 51.5 Å². The van der Waals surface area contributed by atoms with Crippen LogP contribution < -0.4 is 4.90 Å². The molecular formula is C30H32N4O5. The second-order valence-electron chi connectivity index (χ2n) is 10.7. The third-order valence-corrected chi connectivity index (χ3v) is 8.08. The Morgan fingerprint density at radius 3 is 2.46 bits per heavy atom. The van der Waals surface area contributed by atoms with Crippen molar-refractivity contribution in [3.05, 3.63) is 60.6 Å². The van der Waals surface area contributed by atoms with Crippen LogP contribution in [0, 0.1) is 11.8 Å². The molecule has 0 unspecified atom stereocenters. The number of carboxylic acids is 1. The lowest BCUT2D eigenvalue weighted by atomic mass is 9.82. The van der Waals surface area contributed by atoms with E-state index in [1.54, 1.807) is 22.0 Å². The topological polar surface area (TPSA) is 111 Å². The standard InChI is InChI=1S/C30H32N4O5/c1-19-2-4-21(5-3-19)29(35)34(24-10-13-38-14-11-24)28-25(30(36)37)18-33(32-28)23-8-6-20(7-9-23)22-16-27-26(31-17-22)12-15-39-27/h6-9,12,15-19,21,24H,2-5,10-11,13-14H2,1H3,(H,36,37). The quantitative estimate of drug-likeness (QED) is 0.341.